The molecular weight excluding hydrogens is 554 g/mol. The fourth-order valence-corrected chi connectivity index (χ4v) is 5.53. The summed E-state index contributed by atoms with van der Waals surface area (Å²) in [6.45, 7) is 0. The minimum atomic E-state index is -0.841. The van der Waals surface area contributed by atoms with Gasteiger partial charge < -0.3 is 4.74 Å². The van der Waals surface area contributed by atoms with Gasteiger partial charge in [-0.1, -0.05) is 60.7 Å². The molecule has 0 N–H and O–H groups in total. The zero-order chi connectivity index (χ0) is 30.4. The Balaban J connectivity index is 0.000000154. The predicted molar refractivity (Wildman–Crippen MR) is 161 cm³/mol. The van der Waals surface area contributed by atoms with E-state index < -0.39 is 31.9 Å². The molecule has 0 bridgehead atoms. The molecule has 0 saturated carbocycles. The normalized spacial score (nSPS) is 11.5. The summed E-state index contributed by atoms with van der Waals surface area (Å²) in [5, 5.41) is 40.3. The molecule has 0 atom stereocenters. The molecule has 0 amide bonds. The van der Waals surface area contributed by atoms with E-state index in [0.29, 0.717) is 0 Å². The van der Waals surface area contributed by atoms with Gasteiger partial charge in [0.25, 0.3) is 17.1 Å². The number of rotatable bonds is 4. The van der Waals surface area contributed by atoms with E-state index in [9.17, 15) is 35.1 Å². The molecule has 6 aromatic carbocycles. The Morgan fingerprint density at radius 3 is 1.88 bits per heavy atom. The van der Waals surface area contributed by atoms with E-state index >= 15 is 0 Å². The Hall–Kier alpha value is -6.23. The molecule has 0 heterocycles. The van der Waals surface area contributed by atoms with Crippen LogP contribution in [0.25, 0.3) is 43.4 Å². The van der Waals surface area contributed by atoms with Gasteiger partial charge in [-0.3, -0.25) is 35.1 Å². The summed E-state index contributed by atoms with van der Waals surface area (Å²) in [5.41, 5.74) is -1.73. The molecule has 11 heteroatoms. The van der Waals surface area contributed by atoms with E-state index in [4.69, 9.17) is 4.74 Å². The first-order valence-electron chi connectivity index (χ1n) is 12.9. The summed E-state index contributed by atoms with van der Waals surface area (Å²) >= 11 is 0. The number of carbonyl (C=O) groups excluding carboxylic acids is 1. The van der Waals surface area contributed by atoms with Gasteiger partial charge in [0, 0.05) is 45.7 Å². The number of non-ortho nitro benzene ring substituents is 2. The lowest BCUT2D eigenvalue weighted by Crippen LogP contribution is -2.00. The van der Waals surface area contributed by atoms with Crippen LogP contribution in [0.3, 0.4) is 0 Å². The molecule has 210 valence electrons. The molecule has 0 unspecified atom stereocenters. The van der Waals surface area contributed by atoms with E-state index in [1.165, 1.54) is 38.4 Å². The smallest absolute Gasteiger partial charge is 0.284 e. The minimum Gasteiger partial charge on any atom is -0.496 e. The molecule has 0 saturated heterocycles. The lowest BCUT2D eigenvalue weighted by Gasteiger charge is -2.11. The van der Waals surface area contributed by atoms with Gasteiger partial charge >= 0.3 is 0 Å². The predicted octanol–water partition coefficient (Wildman–Crippen LogP) is 7.78. The first-order chi connectivity index (χ1) is 20.7. The van der Waals surface area contributed by atoms with Gasteiger partial charge in [-0.25, -0.2) is 0 Å². The Kier molecular flexibility index (Phi) is 6.46. The van der Waals surface area contributed by atoms with Crippen molar-refractivity contribution in [1.29, 1.82) is 0 Å². The van der Waals surface area contributed by atoms with Crippen LogP contribution in [0.15, 0.2) is 97.1 Å². The van der Waals surface area contributed by atoms with Crippen molar-refractivity contribution in [1.82, 2.24) is 0 Å². The van der Waals surface area contributed by atoms with Crippen molar-refractivity contribution in [3.8, 4) is 16.9 Å². The first-order valence-corrected chi connectivity index (χ1v) is 12.9. The second-order valence-electron chi connectivity index (χ2n) is 9.73. The minimum absolute atomic E-state index is 0.0597. The fraction of sp³-hybridized carbons (Fsp3) is 0.0312. The SMILES string of the molecule is COc1cccc2ccc3ccc4ccccc4c3c12.O=C1c2cc([N+](=O)[O-])ccc2-c2c1cc([N+](=O)[O-])cc2[N+](=O)[O-]. The first kappa shape index (κ1) is 27.0. The number of fused-ring (bicyclic) bond motifs is 8. The second-order valence-corrected chi connectivity index (χ2v) is 9.73. The third-order valence-electron chi connectivity index (χ3n) is 7.41. The summed E-state index contributed by atoms with van der Waals surface area (Å²) in [5.74, 6) is 0.218. The van der Waals surface area contributed by atoms with Gasteiger partial charge in [-0.05, 0) is 33.7 Å². The van der Waals surface area contributed by atoms with E-state index in [1.54, 1.807) is 7.11 Å². The molecule has 0 aliphatic heterocycles. The zero-order valence-electron chi connectivity index (χ0n) is 22.3. The molecule has 1 aliphatic carbocycles. The number of ketones is 1. The zero-order valence-corrected chi connectivity index (χ0v) is 22.3. The Morgan fingerprint density at radius 1 is 0.581 bits per heavy atom. The molecule has 0 spiro atoms. The average Bonchev–Trinajstić information content (AvgIpc) is 3.30. The number of carbonyl (C=O) groups is 1. The van der Waals surface area contributed by atoms with Crippen molar-refractivity contribution in [3.63, 3.8) is 0 Å². The molecule has 0 aromatic heterocycles. The fourth-order valence-electron chi connectivity index (χ4n) is 5.53. The maximum absolute atomic E-state index is 12.3. The number of ether oxygens (including phenoxy) is 1. The third kappa shape index (κ3) is 4.45. The maximum Gasteiger partial charge on any atom is 0.284 e. The summed E-state index contributed by atoms with van der Waals surface area (Å²) in [4.78, 5) is 42.8. The topological polar surface area (TPSA) is 156 Å². The lowest BCUT2D eigenvalue weighted by molar-refractivity contribution is -0.393. The standard InChI is InChI=1S/C19H14O.C13H5N3O7/c1-20-17-8-4-6-14-11-12-15-10-9-13-5-2-3-7-16(13)18(15)19(14)17;17-13-9-3-6(14(18)19)1-2-8(9)12-10(13)4-7(15(20)21)5-11(12)16(22)23/h2-12H,1H3;1-5H. The highest BCUT2D eigenvalue weighted by atomic mass is 16.6. The van der Waals surface area contributed by atoms with Crippen molar-refractivity contribution < 1.29 is 24.3 Å². The second kappa shape index (κ2) is 10.3. The highest BCUT2D eigenvalue weighted by Crippen LogP contribution is 2.45. The van der Waals surface area contributed by atoms with Crippen molar-refractivity contribution in [3.05, 3.63) is 139 Å². The Bertz CT molecular complexity index is 2190. The number of benzene rings is 6. The van der Waals surface area contributed by atoms with Crippen molar-refractivity contribution in [2.45, 2.75) is 0 Å². The van der Waals surface area contributed by atoms with E-state index in [2.05, 4.69) is 54.6 Å². The van der Waals surface area contributed by atoms with Crippen LogP contribution in [-0.4, -0.2) is 27.7 Å². The summed E-state index contributed by atoms with van der Waals surface area (Å²) in [6, 6.07) is 28.5. The quantitative estimate of drug-likeness (QED) is 0.117. The molecule has 11 nitrogen and oxygen atoms in total. The van der Waals surface area contributed by atoms with Crippen molar-refractivity contribution in [2.24, 2.45) is 0 Å². The molecule has 6 aromatic rings. The van der Waals surface area contributed by atoms with E-state index in [1.807, 2.05) is 12.1 Å². The number of nitro groups is 3. The largest absolute Gasteiger partial charge is 0.496 e. The monoisotopic (exact) mass is 573 g/mol. The van der Waals surface area contributed by atoms with Crippen LogP contribution < -0.4 is 4.74 Å². The van der Waals surface area contributed by atoms with Crippen LogP contribution in [0.2, 0.25) is 0 Å². The van der Waals surface area contributed by atoms with Crippen molar-refractivity contribution in [2.75, 3.05) is 7.11 Å². The van der Waals surface area contributed by atoms with E-state index in [-0.39, 0.29) is 27.9 Å². The van der Waals surface area contributed by atoms with Gasteiger partial charge in [0.2, 0.25) is 0 Å². The van der Waals surface area contributed by atoms with Crippen LogP contribution in [-0.2, 0) is 0 Å². The number of nitrogens with zero attached hydrogens (tertiary/aromatic N) is 3. The summed E-state index contributed by atoms with van der Waals surface area (Å²) in [7, 11) is 1.73. The average molecular weight is 574 g/mol. The maximum atomic E-state index is 12.3. The number of methoxy groups -OCH3 is 1. The van der Waals surface area contributed by atoms with Crippen LogP contribution in [0, 0.1) is 30.3 Å². The number of hydrogen-bond donors (Lipinski definition) is 0. The van der Waals surface area contributed by atoms with Gasteiger partial charge in [0.1, 0.15) is 5.75 Å². The van der Waals surface area contributed by atoms with Crippen LogP contribution >= 0.6 is 0 Å². The van der Waals surface area contributed by atoms with Gasteiger partial charge in [0.05, 0.1) is 33.5 Å². The van der Waals surface area contributed by atoms with Crippen LogP contribution in [0.1, 0.15) is 15.9 Å². The summed E-state index contributed by atoms with van der Waals surface area (Å²) < 4.78 is 5.58. The van der Waals surface area contributed by atoms with Gasteiger partial charge in [0.15, 0.2) is 5.78 Å². The van der Waals surface area contributed by atoms with Crippen LogP contribution in [0.5, 0.6) is 5.75 Å². The molecule has 0 radical (unpaired) electrons. The van der Waals surface area contributed by atoms with E-state index in [0.717, 1.165) is 30.0 Å². The Morgan fingerprint density at radius 2 is 1.21 bits per heavy atom. The molecule has 1 aliphatic rings. The third-order valence-corrected chi connectivity index (χ3v) is 7.41. The Labute approximate surface area is 242 Å². The number of nitro benzene ring substituents is 3. The highest BCUT2D eigenvalue weighted by Gasteiger charge is 2.37. The highest BCUT2D eigenvalue weighted by molar-refractivity contribution is 6.24. The summed E-state index contributed by atoms with van der Waals surface area (Å²) in [6.07, 6.45) is 0. The molecule has 7 rings (SSSR count). The lowest BCUT2D eigenvalue weighted by atomic mass is 9.96. The molecule has 43 heavy (non-hydrogen) atoms. The molecular formula is C32H19N3O8. The van der Waals surface area contributed by atoms with Crippen LogP contribution in [0.4, 0.5) is 17.1 Å². The van der Waals surface area contributed by atoms with Crippen molar-refractivity contribution >= 4 is 55.2 Å². The number of hydrogen-bond acceptors (Lipinski definition) is 8. The molecule has 0 fully saturated rings. The van der Waals surface area contributed by atoms with Gasteiger partial charge in [-0.15, -0.1) is 0 Å². The van der Waals surface area contributed by atoms with Gasteiger partial charge in [-0.2, -0.15) is 0 Å².